The van der Waals surface area contributed by atoms with Crippen molar-refractivity contribution in [3.05, 3.63) is 29.3 Å². The van der Waals surface area contributed by atoms with Gasteiger partial charge in [-0.3, -0.25) is 0 Å². The lowest BCUT2D eigenvalue weighted by molar-refractivity contribution is 0.326. The van der Waals surface area contributed by atoms with Crippen LogP contribution < -0.4 is 15.8 Å². The van der Waals surface area contributed by atoms with E-state index >= 15 is 0 Å². The predicted octanol–water partition coefficient (Wildman–Crippen LogP) is 2.75. The summed E-state index contributed by atoms with van der Waals surface area (Å²) in [6.45, 7) is 5.72. The van der Waals surface area contributed by atoms with Gasteiger partial charge in [0.2, 0.25) is 0 Å². The Balaban J connectivity index is 1.90. The van der Waals surface area contributed by atoms with Gasteiger partial charge < -0.3 is 15.8 Å². The summed E-state index contributed by atoms with van der Waals surface area (Å²) in [6.07, 6.45) is 4.94. The van der Waals surface area contributed by atoms with E-state index in [2.05, 4.69) is 30.4 Å². The van der Waals surface area contributed by atoms with Crippen LogP contribution in [-0.2, 0) is 6.54 Å². The van der Waals surface area contributed by atoms with Crippen molar-refractivity contribution in [2.45, 2.75) is 58.2 Å². The number of nitrogens with one attached hydrogen (secondary N) is 1. The van der Waals surface area contributed by atoms with Crippen molar-refractivity contribution in [2.75, 3.05) is 6.61 Å². The van der Waals surface area contributed by atoms with Gasteiger partial charge in [0.1, 0.15) is 5.75 Å². The fourth-order valence-corrected chi connectivity index (χ4v) is 2.80. The molecule has 0 bridgehead atoms. The zero-order chi connectivity index (χ0) is 13.7. The van der Waals surface area contributed by atoms with Crippen LogP contribution >= 0.6 is 0 Å². The molecule has 1 saturated carbocycles. The molecule has 3 heteroatoms. The first-order valence-corrected chi connectivity index (χ1v) is 7.42. The first kappa shape index (κ1) is 14.4. The van der Waals surface area contributed by atoms with Gasteiger partial charge in [0.05, 0.1) is 6.61 Å². The van der Waals surface area contributed by atoms with Crippen LogP contribution in [0.5, 0.6) is 5.75 Å². The lowest BCUT2D eigenvalue weighted by Gasteiger charge is -2.29. The summed E-state index contributed by atoms with van der Waals surface area (Å²) >= 11 is 0. The minimum atomic E-state index is 0.317. The smallest absolute Gasteiger partial charge is 0.122 e. The topological polar surface area (TPSA) is 47.3 Å². The standard InChI is InChI=1S/C16H26N2O/c1-3-19-16-9-8-13(10-12(16)2)11-18-15-7-5-4-6-14(15)17/h8-10,14-15,18H,3-7,11,17H2,1-2H3. The third-order valence-corrected chi connectivity index (χ3v) is 3.93. The quantitative estimate of drug-likeness (QED) is 0.857. The molecule has 1 aromatic carbocycles. The van der Waals surface area contributed by atoms with Gasteiger partial charge in [-0.25, -0.2) is 0 Å². The zero-order valence-electron chi connectivity index (χ0n) is 12.1. The van der Waals surface area contributed by atoms with Gasteiger partial charge in [-0.2, -0.15) is 0 Å². The molecule has 0 radical (unpaired) electrons. The highest BCUT2D eigenvalue weighted by Crippen LogP contribution is 2.20. The van der Waals surface area contributed by atoms with E-state index in [0.29, 0.717) is 12.1 Å². The lowest BCUT2D eigenvalue weighted by atomic mass is 9.91. The first-order valence-electron chi connectivity index (χ1n) is 7.42. The molecule has 1 aliphatic rings. The van der Waals surface area contributed by atoms with Crippen LogP contribution in [0.3, 0.4) is 0 Å². The normalized spacial score (nSPS) is 23.3. The molecule has 1 fully saturated rings. The molecular formula is C16H26N2O. The van der Waals surface area contributed by atoms with E-state index < -0.39 is 0 Å². The van der Waals surface area contributed by atoms with Crippen LogP contribution in [0.2, 0.25) is 0 Å². The second-order valence-electron chi connectivity index (χ2n) is 5.47. The fourth-order valence-electron chi connectivity index (χ4n) is 2.80. The minimum absolute atomic E-state index is 0.317. The largest absolute Gasteiger partial charge is 0.494 e. The number of hydrogen-bond donors (Lipinski definition) is 2. The monoisotopic (exact) mass is 262 g/mol. The van der Waals surface area contributed by atoms with Crippen LogP contribution in [0.4, 0.5) is 0 Å². The Bertz CT molecular complexity index is 406. The molecule has 0 spiro atoms. The Morgan fingerprint density at radius 1 is 1.32 bits per heavy atom. The maximum Gasteiger partial charge on any atom is 0.122 e. The van der Waals surface area contributed by atoms with Crippen LogP contribution in [0, 0.1) is 6.92 Å². The number of rotatable bonds is 5. The van der Waals surface area contributed by atoms with Crippen molar-refractivity contribution in [1.82, 2.24) is 5.32 Å². The van der Waals surface area contributed by atoms with Gasteiger partial charge in [0, 0.05) is 18.6 Å². The summed E-state index contributed by atoms with van der Waals surface area (Å²) < 4.78 is 5.56. The summed E-state index contributed by atoms with van der Waals surface area (Å²) in [4.78, 5) is 0. The van der Waals surface area contributed by atoms with Crippen molar-refractivity contribution in [2.24, 2.45) is 5.73 Å². The maximum absolute atomic E-state index is 6.15. The summed E-state index contributed by atoms with van der Waals surface area (Å²) in [6, 6.07) is 7.20. The Labute approximate surface area is 116 Å². The van der Waals surface area contributed by atoms with Gasteiger partial charge in [-0.15, -0.1) is 0 Å². The summed E-state index contributed by atoms with van der Waals surface area (Å²) in [5.41, 5.74) is 8.66. The van der Waals surface area contributed by atoms with E-state index in [9.17, 15) is 0 Å². The molecule has 0 aliphatic heterocycles. The van der Waals surface area contributed by atoms with E-state index in [4.69, 9.17) is 10.5 Å². The maximum atomic E-state index is 6.15. The summed E-state index contributed by atoms with van der Waals surface area (Å²) in [7, 11) is 0. The third-order valence-electron chi connectivity index (χ3n) is 3.93. The van der Waals surface area contributed by atoms with E-state index in [1.54, 1.807) is 0 Å². The van der Waals surface area contributed by atoms with Crippen LogP contribution in [0.25, 0.3) is 0 Å². The van der Waals surface area contributed by atoms with E-state index in [-0.39, 0.29) is 0 Å². The van der Waals surface area contributed by atoms with E-state index in [1.165, 1.54) is 30.4 Å². The van der Waals surface area contributed by atoms with Crippen LogP contribution in [0.1, 0.15) is 43.7 Å². The second-order valence-corrected chi connectivity index (χ2v) is 5.47. The van der Waals surface area contributed by atoms with Crippen molar-refractivity contribution in [3.63, 3.8) is 0 Å². The molecule has 1 aliphatic carbocycles. The Morgan fingerprint density at radius 2 is 2.11 bits per heavy atom. The zero-order valence-corrected chi connectivity index (χ0v) is 12.1. The fraction of sp³-hybridized carbons (Fsp3) is 0.625. The molecule has 0 saturated heterocycles. The molecule has 0 aromatic heterocycles. The number of ether oxygens (including phenoxy) is 1. The molecule has 2 atom stereocenters. The van der Waals surface area contributed by atoms with E-state index in [1.807, 2.05) is 6.92 Å². The number of hydrogen-bond acceptors (Lipinski definition) is 3. The number of aryl methyl sites for hydroxylation is 1. The summed E-state index contributed by atoms with van der Waals surface area (Å²) in [5, 5.41) is 3.60. The van der Waals surface area contributed by atoms with Gasteiger partial charge in [0.15, 0.2) is 0 Å². The van der Waals surface area contributed by atoms with Crippen molar-refractivity contribution < 1.29 is 4.74 Å². The Morgan fingerprint density at radius 3 is 2.79 bits per heavy atom. The SMILES string of the molecule is CCOc1ccc(CNC2CCCCC2N)cc1C. The molecule has 2 rings (SSSR count). The van der Waals surface area contributed by atoms with Gasteiger partial charge >= 0.3 is 0 Å². The average Bonchev–Trinajstić information content (AvgIpc) is 2.41. The lowest BCUT2D eigenvalue weighted by Crippen LogP contribution is -2.46. The predicted molar refractivity (Wildman–Crippen MR) is 79.4 cm³/mol. The highest BCUT2D eigenvalue weighted by atomic mass is 16.5. The molecule has 1 aromatic rings. The molecule has 3 N–H and O–H groups in total. The highest BCUT2D eigenvalue weighted by molar-refractivity contribution is 5.36. The molecule has 2 unspecified atom stereocenters. The highest BCUT2D eigenvalue weighted by Gasteiger charge is 2.20. The minimum Gasteiger partial charge on any atom is -0.494 e. The molecule has 19 heavy (non-hydrogen) atoms. The van der Waals surface area contributed by atoms with Crippen LogP contribution in [-0.4, -0.2) is 18.7 Å². The van der Waals surface area contributed by atoms with Crippen molar-refractivity contribution >= 4 is 0 Å². The van der Waals surface area contributed by atoms with Crippen LogP contribution in [0.15, 0.2) is 18.2 Å². The Hall–Kier alpha value is -1.06. The molecule has 3 nitrogen and oxygen atoms in total. The van der Waals surface area contributed by atoms with Crippen molar-refractivity contribution in [3.8, 4) is 5.75 Å². The first-order chi connectivity index (χ1) is 9.20. The Kier molecular flexibility index (Phi) is 5.23. The average molecular weight is 262 g/mol. The van der Waals surface area contributed by atoms with Crippen molar-refractivity contribution in [1.29, 1.82) is 0 Å². The van der Waals surface area contributed by atoms with Gasteiger partial charge in [0.25, 0.3) is 0 Å². The number of nitrogens with two attached hydrogens (primary N) is 1. The molecule has 0 amide bonds. The second kappa shape index (κ2) is 6.92. The molecular weight excluding hydrogens is 236 g/mol. The van der Waals surface area contributed by atoms with E-state index in [0.717, 1.165) is 25.3 Å². The summed E-state index contributed by atoms with van der Waals surface area (Å²) in [5.74, 6) is 0.987. The molecule has 106 valence electrons. The van der Waals surface area contributed by atoms with Gasteiger partial charge in [-0.1, -0.05) is 25.0 Å². The van der Waals surface area contributed by atoms with Gasteiger partial charge in [-0.05, 0) is 43.9 Å². The molecule has 0 heterocycles. The number of benzene rings is 1. The third kappa shape index (κ3) is 3.95.